The number of anilines is 3. The van der Waals surface area contributed by atoms with Crippen molar-refractivity contribution in [1.82, 2.24) is 9.55 Å². The first-order chi connectivity index (χ1) is 29.7. The summed E-state index contributed by atoms with van der Waals surface area (Å²) >= 11 is 0. The van der Waals surface area contributed by atoms with Gasteiger partial charge in [-0.15, -0.1) is 0 Å². The van der Waals surface area contributed by atoms with Crippen LogP contribution in [0.5, 0.6) is 0 Å². The fourth-order valence-corrected chi connectivity index (χ4v) is 8.74. The first-order valence-electron chi connectivity index (χ1n) is 20.2. The van der Waals surface area contributed by atoms with Crippen molar-refractivity contribution in [2.45, 2.75) is 0 Å². The van der Waals surface area contributed by atoms with Gasteiger partial charge in [0, 0.05) is 55.9 Å². The highest BCUT2D eigenvalue weighted by Gasteiger charge is 2.19. The molecule has 0 aliphatic heterocycles. The Bertz CT molecular complexity index is 3530. The van der Waals surface area contributed by atoms with Gasteiger partial charge in [0.05, 0.1) is 11.0 Å². The van der Waals surface area contributed by atoms with Crippen molar-refractivity contribution in [2.75, 3.05) is 4.90 Å². The van der Waals surface area contributed by atoms with E-state index in [9.17, 15) is 0 Å². The van der Waals surface area contributed by atoms with E-state index in [0.29, 0.717) is 5.89 Å². The number of aromatic nitrogens is 2. The second-order valence-corrected chi connectivity index (χ2v) is 15.2. The number of hydrogen-bond donors (Lipinski definition) is 0. The van der Waals surface area contributed by atoms with E-state index in [1.165, 1.54) is 27.4 Å². The number of hydrogen-bond acceptors (Lipinski definition) is 4. The van der Waals surface area contributed by atoms with Crippen molar-refractivity contribution < 1.29 is 8.83 Å². The first-order valence-corrected chi connectivity index (χ1v) is 20.2. The minimum Gasteiger partial charge on any atom is -0.456 e. The lowest BCUT2D eigenvalue weighted by molar-refractivity contribution is 0.620. The smallest absolute Gasteiger partial charge is 0.227 e. The van der Waals surface area contributed by atoms with Gasteiger partial charge in [0.1, 0.15) is 16.7 Å². The molecule has 9 aromatic carbocycles. The molecule has 5 heteroatoms. The molecule has 0 spiro atoms. The predicted molar refractivity (Wildman–Crippen MR) is 247 cm³/mol. The van der Waals surface area contributed by atoms with Crippen molar-refractivity contribution in [1.29, 1.82) is 0 Å². The van der Waals surface area contributed by atoms with Crippen LogP contribution in [0.2, 0.25) is 0 Å². The number of benzene rings is 9. The maximum Gasteiger partial charge on any atom is 0.227 e. The summed E-state index contributed by atoms with van der Waals surface area (Å²) in [6.07, 6.45) is 0. The Balaban J connectivity index is 0.966. The van der Waals surface area contributed by atoms with Gasteiger partial charge in [0.25, 0.3) is 0 Å². The highest BCUT2D eigenvalue weighted by atomic mass is 16.4. The van der Waals surface area contributed by atoms with Crippen molar-refractivity contribution in [3.8, 4) is 39.4 Å². The molecule has 0 unspecified atom stereocenters. The predicted octanol–water partition coefficient (Wildman–Crippen LogP) is 15.3. The fourth-order valence-electron chi connectivity index (χ4n) is 8.74. The van der Waals surface area contributed by atoms with Crippen LogP contribution in [-0.2, 0) is 0 Å². The lowest BCUT2D eigenvalue weighted by atomic mass is 10.0. The molecule has 0 fully saturated rings. The summed E-state index contributed by atoms with van der Waals surface area (Å²) in [7, 11) is 0. The van der Waals surface area contributed by atoms with E-state index >= 15 is 0 Å². The van der Waals surface area contributed by atoms with Crippen LogP contribution < -0.4 is 4.90 Å². The maximum atomic E-state index is 6.35. The summed E-state index contributed by atoms with van der Waals surface area (Å²) in [6, 6.07) is 74.9. The van der Waals surface area contributed by atoms with E-state index in [2.05, 4.69) is 185 Å². The molecule has 3 heterocycles. The molecule has 0 saturated carbocycles. The molecular weight excluding hydrogens is 735 g/mol. The third-order valence-electron chi connectivity index (χ3n) is 11.6. The number of fused-ring (bicyclic) bond motifs is 7. The number of oxazole rings is 1. The Morgan fingerprint density at radius 2 is 0.967 bits per heavy atom. The summed E-state index contributed by atoms with van der Waals surface area (Å²) < 4.78 is 15.0. The monoisotopic (exact) mass is 769 g/mol. The summed E-state index contributed by atoms with van der Waals surface area (Å²) in [4.78, 5) is 7.13. The van der Waals surface area contributed by atoms with Gasteiger partial charge in [-0.1, -0.05) is 115 Å². The van der Waals surface area contributed by atoms with Crippen LogP contribution >= 0.6 is 0 Å². The molecular formula is C55H35N3O2. The molecule has 0 atom stereocenters. The van der Waals surface area contributed by atoms with Gasteiger partial charge in [-0.25, -0.2) is 4.98 Å². The van der Waals surface area contributed by atoms with Crippen LogP contribution in [0.1, 0.15) is 0 Å². The number of nitrogens with zero attached hydrogens (tertiary/aromatic N) is 3. The number of para-hydroxylation sites is 2. The maximum absolute atomic E-state index is 6.35. The lowest BCUT2D eigenvalue weighted by Crippen LogP contribution is -2.10. The molecule has 0 radical (unpaired) electrons. The normalized spacial score (nSPS) is 11.7. The molecule has 0 aliphatic carbocycles. The van der Waals surface area contributed by atoms with Gasteiger partial charge in [-0.05, 0) is 113 Å². The van der Waals surface area contributed by atoms with Crippen LogP contribution in [0.15, 0.2) is 221 Å². The summed E-state index contributed by atoms with van der Waals surface area (Å²) in [5, 5.41) is 4.45. The second kappa shape index (κ2) is 13.8. The zero-order valence-corrected chi connectivity index (χ0v) is 32.4. The zero-order chi connectivity index (χ0) is 39.6. The Morgan fingerprint density at radius 3 is 1.78 bits per heavy atom. The molecule has 0 saturated heterocycles. The zero-order valence-electron chi connectivity index (χ0n) is 32.4. The lowest BCUT2D eigenvalue weighted by Gasteiger charge is -2.26. The highest BCUT2D eigenvalue weighted by molar-refractivity contribution is 6.11. The van der Waals surface area contributed by atoms with Crippen molar-refractivity contribution in [2.24, 2.45) is 0 Å². The minimum atomic E-state index is 0.600. The van der Waals surface area contributed by atoms with E-state index < -0.39 is 0 Å². The third kappa shape index (κ3) is 5.67. The van der Waals surface area contributed by atoms with Crippen LogP contribution in [0.3, 0.4) is 0 Å². The number of furan rings is 1. The molecule has 0 aliphatic rings. The van der Waals surface area contributed by atoms with Crippen LogP contribution in [0.4, 0.5) is 17.1 Å². The van der Waals surface area contributed by atoms with Crippen LogP contribution in [-0.4, -0.2) is 9.55 Å². The van der Waals surface area contributed by atoms with Crippen molar-refractivity contribution >= 4 is 71.9 Å². The van der Waals surface area contributed by atoms with Gasteiger partial charge >= 0.3 is 0 Å². The van der Waals surface area contributed by atoms with Crippen molar-refractivity contribution in [3.05, 3.63) is 212 Å². The summed E-state index contributed by atoms with van der Waals surface area (Å²) in [6.45, 7) is 0. The van der Waals surface area contributed by atoms with Gasteiger partial charge in [0.2, 0.25) is 5.89 Å². The van der Waals surface area contributed by atoms with Crippen LogP contribution in [0.25, 0.3) is 94.2 Å². The standard InChI is InChI=1S/C55H35N3O2/c1-4-13-36(14-5-1)39-17-12-20-43(31-39)57(44-28-29-51-46(33-44)45-21-10-11-22-50(45)58(51)41-18-8-3-9-19-41)42-26-23-37(24-27-42)40-25-30-52-47(32-40)48-34-54-49(35-53(48)59-52)56-55(60-54)38-15-6-2-7-16-38/h1-35H. The molecule has 12 rings (SSSR count). The highest BCUT2D eigenvalue weighted by Crippen LogP contribution is 2.42. The van der Waals surface area contributed by atoms with Gasteiger partial charge < -0.3 is 18.3 Å². The van der Waals surface area contributed by atoms with Gasteiger partial charge in [-0.3, -0.25) is 0 Å². The molecule has 5 nitrogen and oxygen atoms in total. The van der Waals surface area contributed by atoms with E-state index in [-0.39, 0.29) is 0 Å². The second-order valence-electron chi connectivity index (χ2n) is 15.2. The Hall–Kier alpha value is -8.15. The van der Waals surface area contributed by atoms with E-state index in [4.69, 9.17) is 13.8 Å². The molecule has 60 heavy (non-hydrogen) atoms. The first kappa shape index (κ1) is 33.9. The molecule has 12 aromatic rings. The largest absolute Gasteiger partial charge is 0.456 e. The van der Waals surface area contributed by atoms with Crippen molar-refractivity contribution in [3.63, 3.8) is 0 Å². The Labute approximate surface area is 345 Å². The Kier molecular flexibility index (Phi) is 7.78. The van der Waals surface area contributed by atoms with E-state index in [0.717, 1.165) is 78.0 Å². The van der Waals surface area contributed by atoms with E-state index in [1.54, 1.807) is 0 Å². The molecule has 0 N–H and O–H groups in total. The van der Waals surface area contributed by atoms with Crippen LogP contribution in [0, 0.1) is 0 Å². The SMILES string of the molecule is c1ccc(-c2cccc(N(c3ccc(-c4ccc5oc6cc7nc(-c8ccccc8)oc7cc6c5c4)cc3)c3ccc4c(c3)c3ccccc3n4-c3ccccc3)c2)cc1. The average Bonchev–Trinajstić information content (AvgIpc) is 4.00. The summed E-state index contributed by atoms with van der Waals surface area (Å²) in [5.41, 5.74) is 15.3. The molecule has 0 amide bonds. The third-order valence-corrected chi connectivity index (χ3v) is 11.6. The average molecular weight is 770 g/mol. The van der Waals surface area contributed by atoms with Gasteiger partial charge in [0.15, 0.2) is 5.58 Å². The summed E-state index contributed by atoms with van der Waals surface area (Å²) in [5.74, 6) is 0.600. The fraction of sp³-hybridized carbons (Fsp3) is 0. The molecule has 0 bridgehead atoms. The molecule has 282 valence electrons. The molecule has 3 aromatic heterocycles. The quantitative estimate of drug-likeness (QED) is 0.162. The van der Waals surface area contributed by atoms with Gasteiger partial charge in [-0.2, -0.15) is 0 Å². The van der Waals surface area contributed by atoms with E-state index in [1.807, 2.05) is 36.4 Å². The Morgan fingerprint density at radius 1 is 0.350 bits per heavy atom. The number of rotatable bonds is 7. The minimum absolute atomic E-state index is 0.600. The topological polar surface area (TPSA) is 47.3 Å².